The number of carbonyl (C=O) groups is 2. The molecule has 0 amide bonds. The van der Waals surface area contributed by atoms with Gasteiger partial charge in [0.25, 0.3) is 0 Å². The van der Waals surface area contributed by atoms with Gasteiger partial charge in [0.1, 0.15) is 29.4 Å². The van der Waals surface area contributed by atoms with Gasteiger partial charge in [-0.1, -0.05) is 50.2 Å². The van der Waals surface area contributed by atoms with Crippen LogP contribution in [0, 0.1) is 12.8 Å². The lowest BCUT2D eigenvalue weighted by Crippen LogP contribution is -2.41. The summed E-state index contributed by atoms with van der Waals surface area (Å²) >= 11 is 0. The molecule has 2 unspecified atom stereocenters. The van der Waals surface area contributed by atoms with Gasteiger partial charge in [-0.3, -0.25) is 9.59 Å². The van der Waals surface area contributed by atoms with E-state index < -0.39 is 23.0 Å². The molecule has 36 heavy (non-hydrogen) atoms. The van der Waals surface area contributed by atoms with E-state index in [2.05, 4.69) is 4.72 Å². The summed E-state index contributed by atoms with van der Waals surface area (Å²) < 4.78 is 21.5. The maximum Gasteiger partial charge on any atom is 0.321 e. The quantitative estimate of drug-likeness (QED) is 0.402. The van der Waals surface area contributed by atoms with Gasteiger partial charge < -0.3 is 9.84 Å². The van der Waals surface area contributed by atoms with Gasteiger partial charge in [-0.25, -0.2) is 8.93 Å². The van der Waals surface area contributed by atoms with E-state index in [9.17, 15) is 18.9 Å². The number of aryl methyl sites for hydroxylation is 2. The van der Waals surface area contributed by atoms with Crippen LogP contribution in [0.25, 0.3) is 11.1 Å². The van der Waals surface area contributed by atoms with Crippen molar-refractivity contribution in [3.8, 4) is 16.9 Å². The van der Waals surface area contributed by atoms with Crippen molar-refractivity contribution >= 4 is 22.7 Å². The van der Waals surface area contributed by atoms with Crippen LogP contribution in [0.5, 0.6) is 5.75 Å². The fraction of sp³-hybridized carbons (Fsp3) is 0.310. The summed E-state index contributed by atoms with van der Waals surface area (Å²) in [5.74, 6) is -0.226. The minimum Gasteiger partial charge on any atom is -0.489 e. The Bertz CT molecular complexity index is 1300. The average Bonchev–Trinajstić information content (AvgIpc) is 2.86. The predicted octanol–water partition coefficient (Wildman–Crippen LogP) is 5.48. The Kier molecular flexibility index (Phi) is 8.01. The molecule has 0 heterocycles. The summed E-state index contributed by atoms with van der Waals surface area (Å²) in [6.07, 6.45) is 2.43. The van der Waals surface area contributed by atoms with E-state index in [1.54, 1.807) is 19.9 Å². The Morgan fingerprint density at radius 2 is 1.75 bits per heavy atom. The third-order valence-corrected chi connectivity index (χ3v) is 7.79. The second kappa shape index (κ2) is 11.2. The molecule has 188 valence electrons. The van der Waals surface area contributed by atoms with Crippen LogP contribution in [0.2, 0.25) is 0 Å². The number of carboxylic acids is 1. The number of carbonyl (C=O) groups excluding carboxylic acids is 1. The van der Waals surface area contributed by atoms with E-state index in [-0.39, 0.29) is 11.7 Å². The van der Waals surface area contributed by atoms with Crippen molar-refractivity contribution in [2.75, 3.05) is 0 Å². The Morgan fingerprint density at radius 3 is 2.42 bits per heavy atom. The van der Waals surface area contributed by atoms with Crippen LogP contribution in [0.4, 0.5) is 0 Å². The summed E-state index contributed by atoms with van der Waals surface area (Å²) in [6.45, 7) is 5.86. The number of fused-ring (bicyclic) bond motifs is 1. The number of aliphatic carboxylic acids is 1. The predicted molar refractivity (Wildman–Crippen MR) is 140 cm³/mol. The summed E-state index contributed by atoms with van der Waals surface area (Å²) in [6, 6.07) is 18.5. The number of rotatable bonds is 9. The highest BCUT2D eigenvalue weighted by Gasteiger charge is 2.24. The number of benzene rings is 3. The van der Waals surface area contributed by atoms with Crippen molar-refractivity contribution in [3.05, 3.63) is 82.9 Å². The van der Waals surface area contributed by atoms with E-state index in [0.29, 0.717) is 17.9 Å². The molecule has 2 atom stereocenters. The fourth-order valence-corrected chi connectivity index (χ4v) is 5.63. The molecular weight excluding hydrogens is 474 g/mol. The van der Waals surface area contributed by atoms with Crippen molar-refractivity contribution in [1.29, 1.82) is 0 Å². The Labute approximate surface area is 214 Å². The van der Waals surface area contributed by atoms with Crippen molar-refractivity contribution in [2.24, 2.45) is 5.92 Å². The zero-order valence-electron chi connectivity index (χ0n) is 20.7. The first-order chi connectivity index (χ1) is 17.2. The van der Waals surface area contributed by atoms with Gasteiger partial charge >= 0.3 is 5.97 Å². The van der Waals surface area contributed by atoms with Crippen LogP contribution < -0.4 is 9.46 Å². The number of nitrogens with one attached hydrogen (secondary N) is 1. The van der Waals surface area contributed by atoms with Crippen LogP contribution in [0.3, 0.4) is 0 Å². The van der Waals surface area contributed by atoms with Crippen molar-refractivity contribution in [2.45, 2.75) is 57.6 Å². The Hall–Kier alpha value is -3.29. The highest BCUT2D eigenvalue weighted by Crippen LogP contribution is 2.27. The van der Waals surface area contributed by atoms with E-state index >= 15 is 0 Å². The molecule has 0 aromatic heterocycles. The lowest BCUT2D eigenvalue weighted by Gasteiger charge is -2.18. The molecule has 0 radical (unpaired) electrons. The molecule has 2 N–H and O–H groups in total. The molecule has 0 bridgehead atoms. The van der Waals surface area contributed by atoms with Crippen molar-refractivity contribution < 1.29 is 23.6 Å². The molecule has 0 fully saturated rings. The lowest BCUT2D eigenvalue weighted by atomic mass is 9.90. The highest BCUT2D eigenvalue weighted by molar-refractivity contribution is 7.83. The number of ether oxygens (including phenoxy) is 1. The smallest absolute Gasteiger partial charge is 0.321 e. The maximum atomic E-state index is 12.8. The fourth-order valence-electron chi connectivity index (χ4n) is 4.36. The van der Waals surface area contributed by atoms with Crippen LogP contribution in [-0.4, -0.2) is 27.1 Å². The number of carboxylic acid groups (broad SMARTS) is 1. The van der Waals surface area contributed by atoms with Crippen LogP contribution >= 0.6 is 0 Å². The molecule has 0 aliphatic heterocycles. The monoisotopic (exact) mass is 505 g/mol. The number of hydrogen-bond donors (Lipinski definition) is 2. The zero-order chi connectivity index (χ0) is 25.8. The molecule has 6 nitrogen and oxygen atoms in total. The largest absolute Gasteiger partial charge is 0.489 e. The number of hydrogen-bond acceptors (Lipinski definition) is 4. The van der Waals surface area contributed by atoms with Gasteiger partial charge in [0.2, 0.25) is 0 Å². The Morgan fingerprint density at radius 1 is 1.03 bits per heavy atom. The van der Waals surface area contributed by atoms with E-state index in [0.717, 1.165) is 52.0 Å². The molecule has 0 saturated heterocycles. The molecule has 1 aliphatic rings. The summed E-state index contributed by atoms with van der Waals surface area (Å²) in [7, 11) is -1.62. The second-order valence-corrected chi connectivity index (χ2v) is 10.7. The highest BCUT2D eigenvalue weighted by atomic mass is 32.2. The van der Waals surface area contributed by atoms with Gasteiger partial charge in [0.05, 0.1) is 4.90 Å². The Balaban J connectivity index is 1.41. The van der Waals surface area contributed by atoms with E-state index in [1.807, 2.05) is 61.5 Å². The summed E-state index contributed by atoms with van der Waals surface area (Å²) in [4.78, 5) is 24.0. The summed E-state index contributed by atoms with van der Waals surface area (Å²) in [5.41, 5.74) is 5.74. The average molecular weight is 506 g/mol. The number of ketones is 1. The molecule has 0 spiro atoms. The summed E-state index contributed by atoms with van der Waals surface area (Å²) in [5, 5.41) is 9.37. The first-order valence-corrected chi connectivity index (χ1v) is 13.3. The normalized spacial score (nSPS) is 14.8. The van der Waals surface area contributed by atoms with Gasteiger partial charge in [-0.05, 0) is 77.8 Å². The molecule has 7 heteroatoms. The lowest BCUT2D eigenvalue weighted by molar-refractivity contribution is -0.140. The molecule has 4 rings (SSSR count). The van der Waals surface area contributed by atoms with E-state index in [4.69, 9.17) is 4.74 Å². The minimum absolute atomic E-state index is 0.190. The second-order valence-electron chi connectivity index (χ2n) is 9.51. The van der Waals surface area contributed by atoms with Gasteiger partial charge in [-0.15, -0.1) is 0 Å². The first-order valence-electron chi connectivity index (χ1n) is 12.1. The third-order valence-electron chi connectivity index (χ3n) is 6.46. The van der Waals surface area contributed by atoms with Crippen molar-refractivity contribution in [1.82, 2.24) is 4.72 Å². The maximum absolute atomic E-state index is 12.8. The van der Waals surface area contributed by atoms with Crippen LogP contribution in [0.1, 0.15) is 53.7 Å². The molecule has 3 aromatic rings. The SMILES string of the molecule is Cc1cc(-c2ccc(COc3ccc4c(c3)CCCC4=O)cc2)ccc1S(=O)NC(C(=O)O)C(C)C. The topological polar surface area (TPSA) is 92.7 Å². The van der Waals surface area contributed by atoms with Crippen LogP contribution in [-0.2, 0) is 28.8 Å². The van der Waals surface area contributed by atoms with Gasteiger partial charge in [0, 0.05) is 12.0 Å². The van der Waals surface area contributed by atoms with E-state index in [1.165, 1.54) is 0 Å². The third kappa shape index (κ3) is 5.91. The molecule has 1 aliphatic carbocycles. The number of Topliss-reactive ketones (excluding diaryl/α,β-unsaturated/α-hetero) is 1. The molecule has 0 saturated carbocycles. The van der Waals surface area contributed by atoms with Crippen LogP contribution in [0.15, 0.2) is 65.6 Å². The first kappa shape index (κ1) is 25.8. The zero-order valence-corrected chi connectivity index (χ0v) is 21.6. The molecule has 3 aromatic carbocycles. The molecular formula is C29H31NO5S. The minimum atomic E-state index is -1.62. The van der Waals surface area contributed by atoms with Gasteiger partial charge in [-0.2, -0.15) is 0 Å². The van der Waals surface area contributed by atoms with Crippen molar-refractivity contribution in [3.63, 3.8) is 0 Å². The van der Waals surface area contributed by atoms with Gasteiger partial charge in [0.15, 0.2) is 5.78 Å². The standard InChI is InChI=1S/C29H31NO5S/c1-18(2)28(29(32)33)30-36(34)27-14-11-22(15-19(27)3)21-9-7-20(8-10-21)17-35-24-12-13-25-23(16-24)5-4-6-26(25)31/h7-16,18,28,30H,4-6,17H2,1-3H3,(H,32,33).